The molecule has 3 rings (SSSR count). The molecule has 0 aliphatic heterocycles. The Morgan fingerprint density at radius 1 is 1.16 bits per heavy atom. The quantitative estimate of drug-likeness (QED) is 0.666. The third kappa shape index (κ3) is 4.20. The number of aromatic nitrogens is 2. The zero-order chi connectivity index (χ0) is 17.8. The molecule has 0 aliphatic carbocycles. The molecule has 128 valence electrons. The predicted octanol–water partition coefficient (Wildman–Crippen LogP) is 3.23. The molecule has 3 aromatic rings. The number of carbonyl (C=O) groups excluding carboxylic acids is 2. The first kappa shape index (κ1) is 16.6. The van der Waals surface area contributed by atoms with Crippen LogP contribution < -0.4 is 10.6 Å². The maximum absolute atomic E-state index is 13.6. The minimum Gasteiger partial charge on any atom is -0.342 e. The van der Waals surface area contributed by atoms with Gasteiger partial charge in [-0.05, 0) is 30.3 Å². The zero-order valence-corrected chi connectivity index (χ0v) is 13.6. The van der Waals surface area contributed by atoms with Gasteiger partial charge in [0.25, 0.3) is 0 Å². The van der Waals surface area contributed by atoms with Crippen molar-refractivity contribution in [1.29, 1.82) is 0 Å². The number of amides is 2. The third-order valence-electron chi connectivity index (χ3n) is 3.59. The van der Waals surface area contributed by atoms with E-state index in [9.17, 15) is 14.0 Å². The lowest BCUT2D eigenvalue weighted by Gasteiger charge is -2.08. The highest BCUT2D eigenvalue weighted by Gasteiger charge is 2.09. The molecule has 0 radical (unpaired) electrons. The van der Waals surface area contributed by atoms with Crippen LogP contribution in [-0.4, -0.2) is 21.8 Å². The largest absolute Gasteiger partial charge is 0.342 e. The summed E-state index contributed by atoms with van der Waals surface area (Å²) >= 11 is 0. The summed E-state index contributed by atoms with van der Waals surface area (Å²) in [6.07, 6.45) is 0.687. The van der Waals surface area contributed by atoms with Gasteiger partial charge in [-0.25, -0.2) is 9.37 Å². The second-order valence-electron chi connectivity index (χ2n) is 5.62. The van der Waals surface area contributed by atoms with E-state index >= 15 is 0 Å². The average Bonchev–Trinajstić information content (AvgIpc) is 2.98. The van der Waals surface area contributed by atoms with Gasteiger partial charge in [0.15, 0.2) is 0 Å². The molecule has 2 aromatic carbocycles. The van der Waals surface area contributed by atoms with E-state index in [4.69, 9.17) is 0 Å². The van der Waals surface area contributed by atoms with Gasteiger partial charge in [0.05, 0.1) is 16.7 Å². The number of nitrogens with one attached hydrogen (secondary N) is 3. The Kier molecular flexibility index (Phi) is 4.74. The lowest BCUT2D eigenvalue weighted by Crippen LogP contribution is -2.14. The van der Waals surface area contributed by atoms with Gasteiger partial charge in [-0.15, -0.1) is 0 Å². The summed E-state index contributed by atoms with van der Waals surface area (Å²) in [5, 5.41) is 5.07. The SMILES string of the molecule is CC(=O)Nc1cc(NC(=O)CCc2nc3ccccc3[nH]2)ccc1F. The molecule has 0 unspecified atom stereocenters. The van der Waals surface area contributed by atoms with Crippen LogP contribution in [0.25, 0.3) is 11.0 Å². The zero-order valence-electron chi connectivity index (χ0n) is 13.6. The molecule has 7 heteroatoms. The Bertz CT molecular complexity index is 903. The van der Waals surface area contributed by atoms with Gasteiger partial charge in [0.2, 0.25) is 11.8 Å². The number of halogens is 1. The van der Waals surface area contributed by atoms with Crippen LogP contribution in [0, 0.1) is 5.82 Å². The summed E-state index contributed by atoms with van der Waals surface area (Å²) in [5.41, 5.74) is 2.23. The maximum Gasteiger partial charge on any atom is 0.224 e. The lowest BCUT2D eigenvalue weighted by atomic mass is 10.2. The van der Waals surface area contributed by atoms with Crippen molar-refractivity contribution in [3.05, 3.63) is 54.1 Å². The summed E-state index contributed by atoms with van der Waals surface area (Å²) in [5.74, 6) is -0.432. The summed E-state index contributed by atoms with van der Waals surface area (Å²) in [6.45, 7) is 1.29. The van der Waals surface area contributed by atoms with E-state index < -0.39 is 5.82 Å². The van der Waals surface area contributed by atoms with Crippen LogP contribution in [0.5, 0.6) is 0 Å². The van der Waals surface area contributed by atoms with Crippen LogP contribution in [0.4, 0.5) is 15.8 Å². The number of aromatic amines is 1. The van der Waals surface area contributed by atoms with E-state index in [2.05, 4.69) is 20.6 Å². The molecule has 0 spiro atoms. The fourth-order valence-electron chi connectivity index (χ4n) is 2.47. The summed E-state index contributed by atoms with van der Waals surface area (Å²) in [6, 6.07) is 11.7. The molecule has 0 fully saturated rings. The van der Waals surface area contributed by atoms with E-state index in [-0.39, 0.29) is 23.9 Å². The smallest absolute Gasteiger partial charge is 0.224 e. The number of hydrogen-bond donors (Lipinski definition) is 3. The Balaban J connectivity index is 1.61. The number of imidazole rings is 1. The van der Waals surface area contributed by atoms with Crippen molar-refractivity contribution in [2.24, 2.45) is 0 Å². The highest BCUT2D eigenvalue weighted by molar-refractivity contribution is 5.93. The first-order chi connectivity index (χ1) is 12.0. The van der Waals surface area contributed by atoms with E-state index in [1.807, 2.05) is 24.3 Å². The summed E-state index contributed by atoms with van der Waals surface area (Å²) < 4.78 is 13.6. The average molecular weight is 340 g/mol. The molecule has 1 heterocycles. The van der Waals surface area contributed by atoms with Crippen molar-refractivity contribution >= 4 is 34.2 Å². The van der Waals surface area contributed by atoms with Crippen LogP contribution in [0.15, 0.2) is 42.5 Å². The standard InChI is InChI=1S/C18H17FN4O2/c1-11(24)20-16-10-12(6-7-13(16)19)21-18(25)9-8-17-22-14-4-2-3-5-15(14)23-17/h2-7,10H,8-9H2,1H3,(H,20,24)(H,21,25)(H,22,23). The number of H-pyrrole nitrogens is 1. The topological polar surface area (TPSA) is 86.9 Å². The van der Waals surface area contributed by atoms with Gasteiger partial charge in [0, 0.05) is 25.5 Å². The molecule has 0 saturated carbocycles. The van der Waals surface area contributed by atoms with Crippen molar-refractivity contribution in [3.63, 3.8) is 0 Å². The molecule has 1 aromatic heterocycles. The number of benzene rings is 2. The van der Waals surface area contributed by atoms with Crippen LogP contribution in [0.1, 0.15) is 19.2 Å². The fraction of sp³-hybridized carbons (Fsp3) is 0.167. The highest BCUT2D eigenvalue weighted by atomic mass is 19.1. The normalized spacial score (nSPS) is 10.6. The Hall–Kier alpha value is -3.22. The number of rotatable bonds is 5. The number of fused-ring (bicyclic) bond motifs is 1. The molecule has 0 saturated heterocycles. The van der Waals surface area contributed by atoms with E-state index in [1.54, 1.807) is 0 Å². The number of hydrogen-bond acceptors (Lipinski definition) is 3. The number of para-hydroxylation sites is 2. The maximum atomic E-state index is 13.6. The fourth-order valence-corrected chi connectivity index (χ4v) is 2.47. The van der Waals surface area contributed by atoms with Gasteiger partial charge in [-0.3, -0.25) is 9.59 Å². The van der Waals surface area contributed by atoms with Gasteiger partial charge in [-0.2, -0.15) is 0 Å². The molecule has 0 atom stereocenters. The Morgan fingerprint density at radius 3 is 2.72 bits per heavy atom. The number of anilines is 2. The monoisotopic (exact) mass is 340 g/mol. The molecule has 2 amide bonds. The van der Waals surface area contributed by atoms with E-state index in [1.165, 1.54) is 25.1 Å². The molecule has 0 aliphatic rings. The van der Waals surface area contributed by atoms with E-state index in [0.717, 1.165) is 16.9 Å². The van der Waals surface area contributed by atoms with Crippen molar-refractivity contribution in [3.8, 4) is 0 Å². The second kappa shape index (κ2) is 7.12. The minimum atomic E-state index is -0.560. The van der Waals surface area contributed by atoms with Crippen LogP contribution in [0.3, 0.4) is 0 Å². The summed E-state index contributed by atoms with van der Waals surface area (Å²) in [7, 11) is 0. The highest BCUT2D eigenvalue weighted by Crippen LogP contribution is 2.20. The molecule has 0 bridgehead atoms. The van der Waals surface area contributed by atoms with Crippen LogP contribution in [0.2, 0.25) is 0 Å². The second-order valence-corrected chi connectivity index (χ2v) is 5.62. The Morgan fingerprint density at radius 2 is 1.96 bits per heavy atom. The molecular weight excluding hydrogens is 323 g/mol. The van der Waals surface area contributed by atoms with Gasteiger partial charge >= 0.3 is 0 Å². The third-order valence-corrected chi connectivity index (χ3v) is 3.59. The van der Waals surface area contributed by atoms with Crippen molar-refractivity contribution in [1.82, 2.24) is 9.97 Å². The van der Waals surface area contributed by atoms with Crippen LogP contribution >= 0.6 is 0 Å². The summed E-state index contributed by atoms with van der Waals surface area (Å²) in [4.78, 5) is 30.7. The molecular formula is C18H17FN4O2. The number of aryl methyl sites for hydroxylation is 1. The van der Waals surface area contributed by atoms with E-state index in [0.29, 0.717) is 12.1 Å². The number of nitrogens with zero attached hydrogens (tertiary/aromatic N) is 1. The van der Waals surface area contributed by atoms with Crippen LogP contribution in [-0.2, 0) is 16.0 Å². The van der Waals surface area contributed by atoms with Gasteiger partial charge in [-0.1, -0.05) is 12.1 Å². The number of carbonyl (C=O) groups is 2. The van der Waals surface area contributed by atoms with Crippen molar-refractivity contribution in [2.75, 3.05) is 10.6 Å². The van der Waals surface area contributed by atoms with Gasteiger partial charge in [0.1, 0.15) is 11.6 Å². The van der Waals surface area contributed by atoms with Crippen molar-refractivity contribution in [2.45, 2.75) is 19.8 Å². The molecule has 3 N–H and O–H groups in total. The lowest BCUT2D eigenvalue weighted by molar-refractivity contribution is -0.116. The first-order valence-corrected chi connectivity index (χ1v) is 7.82. The van der Waals surface area contributed by atoms with Crippen molar-refractivity contribution < 1.29 is 14.0 Å². The predicted molar refractivity (Wildman–Crippen MR) is 93.7 cm³/mol. The Labute approximate surface area is 143 Å². The molecule has 25 heavy (non-hydrogen) atoms. The van der Waals surface area contributed by atoms with Gasteiger partial charge < -0.3 is 15.6 Å². The molecule has 6 nitrogen and oxygen atoms in total. The first-order valence-electron chi connectivity index (χ1n) is 7.82. The minimum absolute atomic E-state index is 0.0302.